The van der Waals surface area contributed by atoms with E-state index in [0.717, 1.165) is 43.1 Å². The van der Waals surface area contributed by atoms with Gasteiger partial charge < -0.3 is 38.7 Å². The molecule has 0 aromatic heterocycles. The number of quaternary nitrogens is 1. The van der Waals surface area contributed by atoms with Crippen LogP contribution in [-0.2, 0) is 6.42 Å². The quantitative estimate of drug-likeness (QED) is 0.328. The molecule has 0 radical (unpaired) electrons. The van der Waals surface area contributed by atoms with Crippen LogP contribution < -0.4 is 24.0 Å². The van der Waals surface area contributed by atoms with Gasteiger partial charge >= 0.3 is 0 Å². The van der Waals surface area contributed by atoms with Crippen LogP contribution in [0.3, 0.4) is 0 Å². The molecule has 0 amide bonds. The first kappa shape index (κ1) is 25.7. The number of aliphatic hydroxyl groups is 2. The van der Waals surface area contributed by atoms with Crippen molar-refractivity contribution in [2.24, 2.45) is 17.3 Å². The highest BCUT2D eigenvalue weighted by Gasteiger charge is 2.51. The van der Waals surface area contributed by atoms with Gasteiger partial charge in [-0.15, -0.1) is 0 Å². The van der Waals surface area contributed by atoms with E-state index >= 15 is 0 Å². The van der Waals surface area contributed by atoms with Gasteiger partial charge in [0, 0.05) is 11.8 Å². The summed E-state index contributed by atoms with van der Waals surface area (Å²) in [6, 6.07) is 5.09. The van der Waals surface area contributed by atoms with E-state index in [-0.39, 0.29) is 47.6 Å². The second kappa shape index (κ2) is 8.90. The standard InChI is InChI=1S/C29H44NO2.HI/c1-17-13-27(32)28(30(5,6)16-17)19(3)22-9-10-23-24-8-7-20-14-21(31)11-12-29(20,4)26(24)15-25(23)18(22)2;/h7,9-10,17,19,21,24,26-28,31-32H,8,11-16H2,1-6H3;1H/q+1;/p-1/t17-,19-,21?,24-,26-,27?,28-,29-;/m0./s1. The van der Waals surface area contributed by atoms with Crippen LogP contribution in [0.25, 0.3) is 0 Å². The Morgan fingerprint density at radius 2 is 1.88 bits per heavy atom. The van der Waals surface area contributed by atoms with Crippen LogP contribution in [-0.4, -0.2) is 53.6 Å². The summed E-state index contributed by atoms with van der Waals surface area (Å²) in [5.74, 6) is 2.21. The number of hydrogen-bond acceptors (Lipinski definition) is 2. The van der Waals surface area contributed by atoms with E-state index in [0.29, 0.717) is 23.7 Å². The van der Waals surface area contributed by atoms with E-state index < -0.39 is 0 Å². The summed E-state index contributed by atoms with van der Waals surface area (Å²) in [6.07, 6.45) is 8.27. The zero-order chi connectivity index (χ0) is 23.0. The molecule has 33 heavy (non-hydrogen) atoms. The Labute approximate surface area is 218 Å². The number of likely N-dealkylation sites (tertiary alicyclic amines) is 1. The Hall–Kier alpha value is -0.430. The molecule has 0 bridgehead atoms. The molecule has 0 spiro atoms. The maximum Gasteiger partial charge on any atom is 0.121 e. The summed E-state index contributed by atoms with van der Waals surface area (Å²) >= 11 is 0. The molecule has 1 heterocycles. The fourth-order valence-corrected chi connectivity index (χ4v) is 8.81. The van der Waals surface area contributed by atoms with E-state index in [4.69, 9.17) is 0 Å². The molecule has 1 aliphatic heterocycles. The Morgan fingerprint density at radius 3 is 2.58 bits per heavy atom. The van der Waals surface area contributed by atoms with Gasteiger partial charge in [0.1, 0.15) is 12.1 Å². The molecule has 1 aromatic rings. The van der Waals surface area contributed by atoms with Crippen molar-refractivity contribution in [3.63, 3.8) is 0 Å². The molecule has 2 unspecified atom stereocenters. The highest BCUT2D eigenvalue weighted by atomic mass is 127. The number of fused-ring (bicyclic) bond motifs is 5. The lowest BCUT2D eigenvalue weighted by molar-refractivity contribution is -0.928. The van der Waals surface area contributed by atoms with Crippen LogP contribution in [0.5, 0.6) is 0 Å². The molecule has 1 aromatic carbocycles. The predicted octanol–water partition coefficient (Wildman–Crippen LogP) is 2.09. The zero-order valence-electron chi connectivity index (χ0n) is 21.4. The van der Waals surface area contributed by atoms with Crippen LogP contribution in [0.1, 0.15) is 87.0 Å². The van der Waals surface area contributed by atoms with E-state index in [1.165, 1.54) is 23.1 Å². The number of allylic oxidation sites excluding steroid dienone is 1. The van der Waals surface area contributed by atoms with Gasteiger partial charge in [0.15, 0.2) is 0 Å². The molecule has 4 heteroatoms. The Morgan fingerprint density at radius 1 is 1.15 bits per heavy atom. The molecule has 184 valence electrons. The van der Waals surface area contributed by atoms with Crippen molar-refractivity contribution in [1.29, 1.82) is 0 Å². The number of nitrogens with zero attached hydrogens (tertiary/aromatic N) is 1. The first-order valence-electron chi connectivity index (χ1n) is 13.0. The SMILES string of the molecule is Cc1c([C@H](C)[C@H]2C(O)C[C@H](C)C[N+]2(C)C)ccc2c1C[C@H]1[C@H]2CC=C2CC(O)CC[C@@]21C.[I-]. The van der Waals surface area contributed by atoms with Crippen LogP contribution >= 0.6 is 0 Å². The third kappa shape index (κ3) is 4.05. The smallest absolute Gasteiger partial charge is 0.121 e. The number of likely N-dealkylation sites (N-methyl/N-ethyl adjacent to an activating group) is 1. The largest absolute Gasteiger partial charge is 1.00 e. The summed E-state index contributed by atoms with van der Waals surface area (Å²) in [4.78, 5) is 0. The van der Waals surface area contributed by atoms with Crippen molar-refractivity contribution < 1.29 is 38.7 Å². The van der Waals surface area contributed by atoms with E-state index in [1.54, 1.807) is 11.1 Å². The summed E-state index contributed by atoms with van der Waals surface area (Å²) in [5.41, 5.74) is 7.87. The van der Waals surface area contributed by atoms with Gasteiger partial charge in [-0.05, 0) is 85.0 Å². The number of hydrogen-bond donors (Lipinski definition) is 2. The second-order valence-corrected chi connectivity index (χ2v) is 12.7. The minimum Gasteiger partial charge on any atom is -1.00 e. The summed E-state index contributed by atoms with van der Waals surface area (Å²) < 4.78 is 0.902. The van der Waals surface area contributed by atoms with Crippen LogP contribution in [0.4, 0.5) is 0 Å². The Balaban J connectivity index is 0.00000259. The van der Waals surface area contributed by atoms with Crippen molar-refractivity contribution in [2.75, 3.05) is 20.6 Å². The minimum atomic E-state index is -0.238. The molecule has 2 fully saturated rings. The Kier molecular flexibility index (Phi) is 6.92. The van der Waals surface area contributed by atoms with E-state index in [1.807, 2.05) is 0 Å². The highest BCUT2D eigenvalue weighted by Crippen LogP contribution is 2.60. The zero-order valence-corrected chi connectivity index (χ0v) is 23.6. The number of piperidine rings is 1. The van der Waals surface area contributed by atoms with Crippen molar-refractivity contribution in [1.82, 2.24) is 0 Å². The fourth-order valence-electron chi connectivity index (χ4n) is 8.81. The van der Waals surface area contributed by atoms with Crippen LogP contribution in [0, 0.1) is 24.2 Å². The van der Waals surface area contributed by atoms with Crippen molar-refractivity contribution in [3.8, 4) is 0 Å². The maximum atomic E-state index is 11.1. The van der Waals surface area contributed by atoms with Gasteiger partial charge in [0.2, 0.25) is 0 Å². The molecule has 2 N–H and O–H groups in total. The normalized spacial score (nSPS) is 40.1. The van der Waals surface area contributed by atoms with Crippen LogP contribution in [0.15, 0.2) is 23.8 Å². The average molecular weight is 566 g/mol. The molecule has 3 aliphatic carbocycles. The number of aliphatic hydroxyl groups excluding tert-OH is 2. The molecular weight excluding hydrogens is 521 g/mol. The highest BCUT2D eigenvalue weighted by molar-refractivity contribution is 5.49. The first-order valence-corrected chi connectivity index (χ1v) is 13.0. The lowest BCUT2D eigenvalue weighted by Crippen LogP contribution is -3.00. The van der Waals surface area contributed by atoms with Gasteiger partial charge in [0.25, 0.3) is 0 Å². The van der Waals surface area contributed by atoms with Gasteiger partial charge in [0.05, 0.1) is 26.7 Å². The van der Waals surface area contributed by atoms with Gasteiger partial charge in [-0.3, -0.25) is 0 Å². The predicted molar refractivity (Wildman–Crippen MR) is 131 cm³/mol. The van der Waals surface area contributed by atoms with Gasteiger partial charge in [-0.1, -0.05) is 44.6 Å². The lowest BCUT2D eigenvalue weighted by Gasteiger charge is -2.49. The molecular formula is C29H44INO2. The van der Waals surface area contributed by atoms with Crippen molar-refractivity contribution in [3.05, 3.63) is 46.0 Å². The van der Waals surface area contributed by atoms with E-state index in [2.05, 4.69) is 60.0 Å². The average Bonchev–Trinajstić information content (AvgIpc) is 3.08. The number of benzene rings is 1. The summed E-state index contributed by atoms with van der Waals surface area (Å²) in [5, 5.41) is 21.4. The number of halogens is 1. The summed E-state index contributed by atoms with van der Waals surface area (Å²) in [6.45, 7) is 10.6. The lowest BCUT2D eigenvalue weighted by atomic mass is 9.57. The topological polar surface area (TPSA) is 40.5 Å². The molecule has 8 atom stereocenters. The second-order valence-electron chi connectivity index (χ2n) is 12.7. The third-order valence-electron chi connectivity index (χ3n) is 10.2. The molecule has 3 nitrogen and oxygen atoms in total. The molecule has 1 saturated carbocycles. The molecule has 5 rings (SSSR count). The maximum absolute atomic E-state index is 11.1. The number of rotatable bonds is 2. The van der Waals surface area contributed by atoms with Crippen molar-refractivity contribution in [2.45, 2.75) is 96.3 Å². The van der Waals surface area contributed by atoms with E-state index in [9.17, 15) is 10.2 Å². The fraction of sp³-hybridized carbons (Fsp3) is 0.724. The third-order valence-corrected chi connectivity index (χ3v) is 10.2. The van der Waals surface area contributed by atoms with Gasteiger partial charge in [-0.2, -0.15) is 0 Å². The monoisotopic (exact) mass is 565 g/mol. The van der Waals surface area contributed by atoms with Crippen molar-refractivity contribution >= 4 is 0 Å². The molecule has 4 aliphatic rings. The minimum absolute atomic E-state index is 0. The molecule has 1 saturated heterocycles. The summed E-state index contributed by atoms with van der Waals surface area (Å²) in [7, 11) is 4.62. The Bertz CT molecular complexity index is 940. The van der Waals surface area contributed by atoms with Gasteiger partial charge in [-0.25, -0.2) is 0 Å². The first-order chi connectivity index (χ1) is 15.0. The van der Waals surface area contributed by atoms with Crippen LogP contribution in [0.2, 0.25) is 0 Å².